The monoisotopic (exact) mass is 305 g/mol. The van der Waals surface area contributed by atoms with Crippen LogP contribution in [0.1, 0.15) is 28.9 Å². The number of carbonyl (C=O) groups excluding carboxylic acids is 1. The minimum absolute atomic E-state index is 0.0914. The van der Waals surface area contributed by atoms with E-state index in [-0.39, 0.29) is 11.9 Å². The highest BCUT2D eigenvalue weighted by Crippen LogP contribution is 2.14. The molecule has 0 fully saturated rings. The van der Waals surface area contributed by atoms with Gasteiger partial charge in [-0.05, 0) is 46.6 Å². The smallest absolute Gasteiger partial charge is 0.251 e. The molecule has 1 atom stereocenters. The maximum absolute atomic E-state index is 11.9. The lowest BCUT2D eigenvalue weighted by molar-refractivity contribution is 0.0939. The molecule has 0 radical (unpaired) electrons. The van der Waals surface area contributed by atoms with Gasteiger partial charge in [0.1, 0.15) is 4.60 Å². The van der Waals surface area contributed by atoms with Crippen molar-refractivity contribution >= 4 is 21.8 Å². The Morgan fingerprint density at radius 1 is 1.28 bits per heavy atom. The molecule has 2 aromatic heterocycles. The number of amides is 1. The molecule has 2 aromatic rings. The van der Waals surface area contributed by atoms with Crippen molar-refractivity contribution in [1.29, 1.82) is 0 Å². The van der Waals surface area contributed by atoms with Gasteiger partial charge in [-0.15, -0.1) is 0 Å². The van der Waals surface area contributed by atoms with Gasteiger partial charge in [0.25, 0.3) is 5.91 Å². The molecule has 2 heterocycles. The summed E-state index contributed by atoms with van der Waals surface area (Å²) < 4.78 is 0.777. The molecule has 0 aliphatic carbocycles. The van der Waals surface area contributed by atoms with Crippen molar-refractivity contribution in [3.8, 4) is 0 Å². The third kappa shape index (κ3) is 3.13. The van der Waals surface area contributed by atoms with E-state index in [9.17, 15) is 4.79 Å². The Kier molecular flexibility index (Phi) is 4.04. The molecule has 1 N–H and O–H groups in total. The van der Waals surface area contributed by atoms with E-state index in [1.54, 1.807) is 30.7 Å². The lowest BCUT2D eigenvalue weighted by Crippen LogP contribution is -2.26. The van der Waals surface area contributed by atoms with Crippen molar-refractivity contribution in [2.75, 3.05) is 0 Å². The van der Waals surface area contributed by atoms with Crippen molar-refractivity contribution in [3.05, 3.63) is 58.6 Å². The first-order valence-corrected chi connectivity index (χ1v) is 6.28. The number of rotatable bonds is 3. The summed E-state index contributed by atoms with van der Waals surface area (Å²) in [6.07, 6.45) is 4.93. The number of aromatic nitrogens is 2. The Bertz CT molecular complexity index is 528. The van der Waals surface area contributed by atoms with E-state index >= 15 is 0 Å². The van der Waals surface area contributed by atoms with E-state index < -0.39 is 0 Å². The second kappa shape index (κ2) is 5.73. The van der Waals surface area contributed by atoms with Crippen molar-refractivity contribution in [3.63, 3.8) is 0 Å². The second-order valence-electron chi connectivity index (χ2n) is 3.85. The fourth-order valence-electron chi connectivity index (χ4n) is 1.51. The molecule has 0 saturated heterocycles. The van der Waals surface area contributed by atoms with Crippen molar-refractivity contribution < 1.29 is 4.79 Å². The Morgan fingerprint density at radius 2 is 2.00 bits per heavy atom. The maximum Gasteiger partial charge on any atom is 0.251 e. The minimum atomic E-state index is -0.118. The van der Waals surface area contributed by atoms with Crippen molar-refractivity contribution in [2.24, 2.45) is 0 Å². The van der Waals surface area contributed by atoms with Gasteiger partial charge in [-0.1, -0.05) is 6.07 Å². The topological polar surface area (TPSA) is 54.9 Å². The van der Waals surface area contributed by atoms with Gasteiger partial charge in [-0.3, -0.25) is 9.78 Å². The molecule has 0 saturated carbocycles. The van der Waals surface area contributed by atoms with Gasteiger partial charge >= 0.3 is 0 Å². The molecular weight excluding hydrogens is 294 g/mol. The van der Waals surface area contributed by atoms with E-state index in [0.29, 0.717) is 5.56 Å². The summed E-state index contributed by atoms with van der Waals surface area (Å²) >= 11 is 3.28. The molecule has 4 nitrogen and oxygen atoms in total. The largest absolute Gasteiger partial charge is 0.345 e. The SMILES string of the molecule is CC(NC(=O)c1ccncc1)c1ccc(Br)nc1. The summed E-state index contributed by atoms with van der Waals surface area (Å²) in [5.41, 5.74) is 1.56. The fraction of sp³-hybridized carbons (Fsp3) is 0.154. The summed E-state index contributed by atoms with van der Waals surface area (Å²) in [4.78, 5) is 19.9. The number of pyridine rings is 2. The minimum Gasteiger partial charge on any atom is -0.345 e. The van der Waals surface area contributed by atoms with E-state index in [1.807, 2.05) is 19.1 Å². The zero-order valence-corrected chi connectivity index (χ0v) is 11.4. The van der Waals surface area contributed by atoms with Crippen molar-refractivity contribution in [2.45, 2.75) is 13.0 Å². The van der Waals surface area contributed by atoms with Crippen LogP contribution in [0, 0.1) is 0 Å². The van der Waals surface area contributed by atoms with Crippen LogP contribution in [-0.2, 0) is 0 Å². The maximum atomic E-state index is 11.9. The molecule has 18 heavy (non-hydrogen) atoms. The van der Waals surface area contributed by atoms with E-state index in [4.69, 9.17) is 0 Å². The van der Waals surface area contributed by atoms with Gasteiger partial charge < -0.3 is 5.32 Å². The van der Waals surface area contributed by atoms with Crippen LogP contribution in [0.3, 0.4) is 0 Å². The fourth-order valence-corrected chi connectivity index (χ4v) is 1.74. The lowest BCUT2D eigenvalue weighted by atomic mass is 10.1. The average molecular weight is 306 g/mol. The normalized spacial score (nSPS) is 11.9. The number of hydrogen-bond acceptors (Lipinski definition) is 3. The molecule has 1 unspecified atom stereocenters. The van der Waals surface area contributed by atoms with Crippen LogP contribution in [0.25, 0.3) is 0 Å². The zero-order valence-electron chi connectivity index (χ0n) is 9.80. The van der Waals surface area contributed by atoms with Gasteiger partial charge in [0.05, 0.1) is 6.04 Å². The van der Waals surface area contributed by atoms with Gasteiger partial charge in [0, 0.05) is 24.2 Å². The number of hydrogen-bond donors (Lipinski definition) is 1. The van der Waals surface area contributed by atoms with Crippen LogP contribution in [-0.4, -0.2) is 15.9 Å². The van der Waals surface area contributed by atoms with Crippen molar-refractivity contribution in [1.82, 2.24) is 15.3 Å². The highest BCUT2D eigenvalue weighted by Gasteiger charge is 2.11. The third-order valence-corrected chi connectivity index (χ3v) is 3.01. The van der Waals surface area contributed by atoms with Crippen LogP contribution < -0.4 is 5.32 Å². The Morgan fingerprint density at radius 3 is 2.61 bits per heavy atom. The summed E-state index contributed by atoms with van der Waals surface area (Å²) in [6.45, 7) is 1.92. The molecule has 2 rings (SSSR count). The summed E-state index contributed by atoms with van der Waals surface area (Å²) in [5, 5.41) is 2.91. The van der Waals surface area contributed by atoms with Crippen LogP contribution in [0.4, 0.5) is 0 Å². The Labute approximate surface area is 114 Å². The Balaban J connectivity index is 2.06. The Hall–Kier alpha value is -1.75. The predicted octanol–water partition coefficient (Wildman–Crippen LogP) is 2.73. The highest BCUT2D eigenvalue weighted by molar-refractivity contribution is 9.10. The number of carbonyl (C=O) groups is 1. The molecule has 0 bridgehead atoms. The first-order chi connectivity index (χ1) is 8.66. The molecular formula is C13H12BrN3O. The van der Waals surface area contributed by atoms with Crippen LogP contribution in [0.5, 0.6) is 0 Å². The summed E-state index contributed by atoms with van der Waals surface area (Å²) in [5.74, 6) is -0.118. The molecule has 1 amide bonds. The summed E-state index contributed by atoms with van der Waals surface area (Å²) in [6, 6.07) is 7.05. The lowest BCUT2D eigenvalue weighted by Gasteiger charge is -2.13. The molecule has 92 valence electrons. The first-order valence-electron chi connectivity index (χ1n) is 5.49. The first kappa shape index (κ1) is 12.7. The predicted molar refractivity (Wildman–Crippen MR) is 72.1 cm³/mol. The third-order valence-electron chi connectivity index (χ3n) is 2.54. The second-order valence-corrected chi connectivity index (χ2v) is 4.66. The standard InChI is InChI=1S/C13H12BrN3O/c1-9(11-2-3-12(14)16-8-11)17-13(18)10-4-6-15-7-5-10/h2-9H,1H3,(H,17,18). The number of halogens is 1. The summed E-state index contributed by atoms with van der Waals surface area (Å²) in [7, 11) is 0. The van der Waals surface area contributed by atoms with E-state index in [2.05, 4.69) is 31.2 Å². The number of nitrogens with zero attached hydrogens (tertiary/aromatic N) is 2. The van der Waals surface area contributed by atoms with Gasteiger partial charge in [-0.25, -0.2) is 4.98 Å². The van der Waals surface area contributed by atoms with Crippen LogP contribution in [0.2, 0.25) is 0 Å². The molecule has 0 aromatic carbocycles. The van der Waals surface area contributed by atoms with Gasteiger partial charge in [-0.2, -0.15) is 0 Å². The quantitative estimate of drug-likeness (QED) is 0.887. The number of nitrogens with one attached hydrogen (secondary N) is 1. The van der Waals surface area contributed by atoms with E-state index in [1.165, 1.54) is 0 Å². The van der Waals surface area contributed by atoms with Gasteiger partial charge in [0.15, 0.2) is 0 Å². The van der Waals surface area contributed by atoms with Crippen LogP contribution in [0.15, 0.2) is 47.5 Å². The average Bonchev–Trinajstić information content (AvgIpc) is 2.40. The highest BCUT2D eigenvalue weighted by atomic mass is 79.9. The molecule has 0 spiro atoms. The molecule has 0 aliphatic rings. The zero-order chi connectivity index (χ0) is 13.0. The molecule has 0 aliphatic heterocycles. The van der Waals surface area contributed by atoms with Crippen LogP contribution >= 0.6 is 15.9 Å². The van der Waals surface area contributed by atoms with Gasteiger partial charge in [0.2, 0.25) is 0 Å². The molecule has 5 heteroatoms. The van der Waals surface area contributed by atoms with E-state index in [0.717, 1.165) is 10.2 Å².